The lowest BCUT2D eigenvalue weighted by Crippen LogP contribution is -2.40. The van der Waals surface area contributed by atoms with Crippen LogP contribution in [0.5, 0.6) is 0 Å². The maximum atomic E-state index is 12.7. The molecule has 0 saturated heterocycles. The Kier molecular flexibility index (Phi) is 36.8. The van der Waals surface area contributed by atoms with Crippen molar-refractivity contribution in [2.45, 2.75) is 174 Å². The summed E-state index contributed by atoms with van der Waals surface area (Å²) in [5.41, 5.74) is 0. The molecule has 0 rings (SSSR count). The third-order valence-electron chi connectivity index (χ3n) is 9.01. The number of esters is 2. The predicted octanol–water partition coefficient (Wildman–Crippen LogP) is 11.4. The second kappa shape index (κ2) is 38.8. The van der Waals surface area contributed by atoms with E-state index in [-0.39, 0.29) is 38.6 Å². The van der Waals surface area contributed by atoms with E-state index in [2.05, 4.69) is 74.6 Å². The summed E-state index contributed by atoms with van der Waals surface area (Å²) in [6.07, 6.45) is 42.8. The molecule has 0 heterocycles. The number of hydrogen-bond acceptors (Lipinski definition) is 7. The van der Waals surface area contributed by atoms with Gasteiger partial charge in [0.15, 0.2) is 6.10 Å². The Morgan fingerprint density at radius 2 is 1.02 bits per heavy atom. The average Bonchev–Trinajstić information content (AvgIpc) is 3.15. The first-order chi connectivity index (χ1) is 27.1. The largest absolute Gasteiger partial charge is 0.477 e. The summed E-state index contributed by atoms with van der Waals surface area (Å²) >= 11 is 0. The molecule has 0 amide bonds. The van der Waals surface area contributed by atoms with E-state index in [1.165, 1.54) is 51.4 Å². The second-order valence-corrected chi connectivity index (χ2v) is 15.6. The molecule has 0 aromatic rings. The van der Waals surface area contributed by atoms with Gasteiger partial charge in [0.1, 0.15) is 13.2 Å². The van der Waals surface area contributed by atoms with E-state index in [1.807, 2.05) is 21.1 Å². The summed E-state index contributed by atoms with van der Waals surface area (Å²) in [4.78, 5) is 37.0. The van der Waals surface area contributed by atoms with Crippen molar-refractivity contribution in [2.75, 3.05) is 47.5 Å². The van der Waals surface area contributed by atoms with Crippen LogP contribution in [0, 0.1) is 0 Å². The molecule has 56 heavy (non-hydrogen) atoms. The van der Waals surface area contributed by atoms with Gasteiger partial charge in [-0.25, -0.2) is 4.79 Å². The van der Waals surface area contributed by atoms with Crippen LogP contribution in [0.4, 0.5) is 0 Å². The molecule has 2 unspecified atom stereocenters. The zero-order valence-electron chi connectivity index (χ0n) is 36.3. The van der Waals surface area contributed by atoms with E-state index < -0.39 is 24.3 Å². The van der Waals surface area contributed by atoms with Crippen LogP contribution in [-0.4, -0.2) is 87.4 Å². The zero-order valence-corrected chi connectivity index (χ0v) is 36.3. The molecule has 9 heteroatoms. The summed E-state index contributed by atoms with van der Waals surface area (Å²) in [6, 6.07) is 0. The van der Waals surface area contributed by atoms with Crippen molar-refractivity contribution in [3.05, 3.63) is 60.8 Å². The minimum atomic E-state index is -1.52. The van der Waals surface area contributed by atoms with E-state index in [9.17, 15) is 19.5 Å². The lowest BCUT2D eigenvalue weighted by atomic mass is 10.1. The molecule has 0 spiro atoms. The smallest absolute Gasteiger partial charge is 0.361 e. The Morgan fingerprint density at radius 3 is 1.54 bits per heavy atom. The molecule has 2 atom stereocenters. The third kappa shape index (κ3) is 39.2. The van der Waals surface area contributed by atoms with Crippen LogP contribution < -0.4 is 0 Å². The van der Waals surface area contributed by atoms with Crippen LogP contribution in [-0.2, 0) is 33.3 Å². The van der Waals surface area contributed by atoms with E-state index in [0.29, 0.717) is 17.4 Å². The Balaban J connectivity index is 4.49. The molecule has 0 aliphatic heterocycles. The van der Waals surface area contributed by atoms with Gasteiger partial charge in [-0.3, -0.25) is 9.59 Å². The number of carboxylic acid groups (broad SMARTS) is 1. The van der Waals surface area contributed by atoms with Gasteiger partial charge in [-0.15, -0.1) is 0 Å². The number of unbranched alkanes of at least 4 members (excludes halogenated alkanes) is 14. The fourth-order valence-electron chi connectivity index (χ4n) is 5.58. The minimum absolute atomic E-state index is 0.178. The van der Waals surface area contributed by atoms with E-state index in [0.717, 1.165) is 77.0 Å². The fourth-order valence-corrected chi connectivity index (χ4v) is 5.58. The van der Waals surface area contributed by atoms with Gasteiger partial charge in [-0.1, -0.05) is 132 Å². The highest BCUT2D eigenvalue weighted by Gasteiger charge is 2.25. The number of aliphatic carboxylic acids is 1. The minimum Gasteiger partial charge on any atom is -0.477 e. The van der Waals surface area contributed by atoms with E-state index in [1.54, 1.807) is 0 Å². The molecular weight excluding hydrogens is 707 g/mol. The number of nitrogens with zero attached hydrogens (tertiary/aromatic N) is 1. The van der Waals surface area contributed by atoms with Crippen molar-refractivity contribution in [2.24, 2.45) is 0 Å². The van der Waals surface area contributed by atoms with Crippen molar-refractivity contribution in [3.63, 3.8) is 0 Å². The molecule has 0 saturated carbocycles. The van der Waals surface area contributed by atoms with Crippen LogP contribution in [0.2, 0.25) is 0 Å². The van der Waals surface area contributed by atoms with Gasteiger partial charge in [-0.2, -0.15) is 0 Å². The number of quaternary nitrogens is 1. The quantitative estimate of drug-likeness (QED) is 0.0216. The normalized spacial score (nSPS) is 13.5. The van der Waals surface area contributed by atoms with Gasteiger partial charge < -0.3 is 28.5 Å². The average molecular weight is 789 g/mol. The predicted molar refractivity (Wildman–Crippen MR) is 230 cm³/mol. The Morgan fingerprint density at radius 1 is 0.554 bits per heavy atom. The van der Waals surface area contributed by atoms with Crippen LogP contribution in [0.3, 0.4) is 0 Å². The van der Waals surface area contributed by atoms with Crippen molar-refractivity contribution in [1.29, 1.82) is 0 Å². The maximum absolute atomic E-state index is 12.7. The number of allylic oxidation sites excluding steroid dienone is 10. The molecular formula is C47H82NO8+. The molecule has 0 aromatic heterocycles. The number of carboxylic acids is 1. The first-order valence-electron chi connectivity index (χ1n) is 22.0. The van der Waals surface area contributed by atoms with Crippen LogP contribution >= 0.6 is 0 Å². The molecule has 0 aliphatic rings. The van der Waals surface area contributed by atoms with Gasteiger partial charge in [0.2, 0.25) is 0 Å². The standard InChI is InChI=1S/C47H81NO8/c1-6-8-10-12-14-16-18-20-21-22-23-24-26-27-29-31-33-35-37-44(49)54-41-43(42-55-47(46(51)52)53-40-39-48(3,4)5)56-45(50)38-36-34-32-30-28-25-19-17-15-13-11-9-7-2/h9,11,15-18,21-22,25,28,43,47H,6-8,10,12-14,19-20,23-24,26-27,29-42H2,1-5H3/p+1/b11-9-,17-15-,18-16-,22-21-,28-25-. The lowest BCUT2D eigenvalue weighted by Gasteiger charge is -2.25. The van der Waals surface area contributed by atoms with Gasteiger partial charge in [0.25, 0.3) is 6.29 Å². The molecule has 9 nitrogen and oxygen atoms in total. The summed E-state index contributed by atoms with van der Waals surface area (Å²) in [5, 5.41) is 9.62. The molecule has 1 N–H and O–H groups in total. The topological polar surface area (TPSA) is 108 Å². The fraction of sp³-hybridized carbons (Fsp3) is 0.723. The molecule has 0 fully saturated rings. The number of likely N-dealkylation sites (N-methyl/N-ethyl adjacent to an activating group) is 1. The first-order valence-corrected chi connectivity index (χ1v) is 22.0. The highest BCUT2D eigenvalue weighted by molar-refractivity contribution is 5.71. The van der Waals surface area contributed by atoms with Crippen LogP contribution in [0.25, 0.3) is 0 Å². The van der Waals surface area contributed by atoms with Gasteiger partial charge >= 0.3 is 17.9 Å². The molecule has 0 bridgehead atoms. The number of carbonyl (C=O) groups excluding carboxylic acids is 2. The van der Waals surface area contributed by atoms with Crippen LogP contribution in [0.15, 0.2) is 60.8 Å². The number of carbonyl (C=O) groups is 3. The van der Waals surface area contributed by atoms with Crippen molar-refractivity contribution >= 4 is 17.9 Å². The summed E-state index contributed by atoms with van der Waals surface area (Å²) in [5.74, 6) is -2.07. The summed E-state index contributed by atoms with van der Waals surface area (Å²) < 4.78 is 22.7. The van der Waals surface area contributed by atoms with E-state index in [4.69, 9.17) is 18.9 Å². The summed E-state index contributed by atoms with van der Waals surface area (Å²) in [7, 11) is 5.93. The van der Waals surface area contributed by atoms with Crippen molar-refractivity contribution in [3.8, 4) is 0 Å². The first kappa shape index (κ1) is 53.0. The maximum Gasteiger partial charge on any atom is 0.361 e. The molecule has 0 radical (unpaired) electrons. The number of rotatable bonds is 39. The van der Waals surface area contributed by atoms with Crippen molar-refractivity contribution in [1.82, 2.24) is 0 Å². The second-order valence-electron chi connectivity index (χ2n) is 15.6. The van der Waals surface area contributed by atoms with Gasteiger partial charge in [0, 0.05) is 12.8 Å². The van der Waals surface area contributed by atoms with E-state index >= 15 is 0 Å². The number of ether oxygens (including phenoxy) is 4. The molecule has 0 aliphatic carbocycles. The molecule has 0 aromatic carbocycles. The SMILES string of the molecule is CC/C=C\C/C=C\C/C=C\CCCCCC(=O)OC(COC(=O)CCCCCCCCC/C=C\C/C=C\CCCCCC)COC(OCC[N+](C)(C)C)C(=O)O. The van der Waals surface area contributed by atoms with Gasteiger partial charge in [0.05, 0.1) is 34.4 Å². The Hall–Kier alpha value is -3.01. The molecule has 322 valence electrons. The van der Waals surface area contributed by atoms with Crippen LogP contribution in [0.1, 0.15) is 162 Å². The lowest BCUT2D eigenvalue weighted by molar-refractivity contribution is -0.870. The summed E-state index contributed by atoms with van der Waals surface area (Å²) in [6.45, 7) is 4.67. The van der Waals surface area contributed by atoms with Gasteiger partial charge in [-0.05, 0) is 77.0 Å². The third-order valence-corrected chi connectivity index (χ3v) is 9.01. The number of hydrogen-bond donors (Lipinski definition) is 1. The monoisotopic (exact) mass is 789 g/mol. The highest BCUT2D eigenvalue weighted by Crippen LogP contribution is 2.12. The highest BCUT2D eigenvalue weighted by atomic mass is 16.7. The Bertz CT molecular complexity index is 1100. The van der Waals surface area contributed by atoms with Crippen molar-refractivity contribution < 1.29 is 42.9 Å². The Labute approximate surface area is 342 Å². The zero-order chi connectivity index (χ0) is 41.4.